The maximum Gasteiger partial charge on any atom is 0.327 e. The number of hydrogen-bond acceptors (Lipinski definition) is 7. The number of fused-ring (bicyclic) bond motifs is 1. The Morgan fingerprint density at radius 2 is 1.89 bits per heavy atom. The van der Waals surface area contributed by atoms with Gasteiger partial charge in [0, 0.05) is 23.7 Å². The van der Waals surface area contributed by atoms with Crippen LogP contribution < -0.4 is 5.56 Å². The number of aromatic nitrogens is 5. The van der Waals surface area contributed by atoms with Gasteiger partial charge in [0.1, 0.15) is 6.54 Å². The van der Waals surface area contributed by atoms with E-state index >= 15 is 0 Å². The molecule has 0 saturated carbocycles. The van der Waals surface area contributed by atoms with Crippen LogP contribution in [0.4, 0.5) is 0 Å². The van der Waals surface area contributed by atoms with Gasteiger partial charge in [0.2, 0.25) is 0 Å². The van der Waals surface area contributed by atoms with Gasteiger partial charge in [-0.2, -0.15) is 0 Å². The predicted octanol–water partition coefficient (Wildman–Crippen LogP) is 4.44. The fourth-order valence-corrected chi connectivity index (χ4v) is 4.81. The quantitative estimate of drug-likeness (QED) is 0.307. The van der Waals surface area contributed by atoms with Crippen molar-refractivity contribution in [3.63, 3.8) is 0 Å². The number of aryl methyl sites for hydroxylation is 1. The lowest BCUT2D eigenvalue weighted by Crippen LogP contribution is -2.36. The highest BCUT2D eigenvalue weighted by Gasteiger charge is 2.31. The summed E-state index contributed by atoms with van der Waals surface area (Å²) in [6, 6.07) is 15.2. The smallest absolute Gasteiger partial charge is 0.327 e. The van der Waals surface area contributed by atoms with Crippen molar-refractivity contribution in [3.05, 3.63) is 86.4 Å². The second-order valence-electron chi connectivity index (χ2n) is 9.35. The Bertz CT molecular complexity index is 1450. The van der Waals surface area contributed by atoms with Gasteiger partial charge in [-0.05, 0) is 58.8 Å². The summed E-state index contributed by atoms with van der Waals surface area (Å²) in [5, 5.41) is 13.8. The van der Waals surface area contributed by atoms with Crippen LogP contribution in [0.2, 0.25) is 5.02 Å². The Kier molecular flexibility index (Phi) is 8.35. The van der Waals surface area contributed by atoms with Crippen LogP contribution in [0.1, 0.15) is 49.3 Å². The third-order valence-electron chi connectivity index (χ3n) is 6.30. The van der Waals surface area contributed by atoms with Gasteiger partial charge < -0.3 is 9.72 Å². The van der Waals surface area contributed by atoms with Crippen LogP contribution in [0.5, 0.6) is 0 Å². The third-order valence-corrected chi connectivity index (χ3v) is 6.67. The summed E-state index contributed by atoms with van der Waals surface area (Å²) in [6.07, 6.45) is 0. The standard InChI is InChI=1S/C27H31ClN6O3/c1-5-37-23(35)16-34-26(30-31-32-34)25(17(2)3)33(14-20-10-6-7-12-22(20)28)15-21-13-19-11-8-9-18(4)24(19)29-27(21)36/h6-13,17,25H,5,14-16H2,1-4H3,(H,29,36)/t25-/m1/s1. The van der Waals surface area contributed by atoms with Gasteiger partial charge in [-0.3, -0.25) is 14.5 Å². The largest absolute Gasteiger partial charge is 0.465 e. The molecule has 0 saturated heterocycles. The maximum atomic E-state index is 13.2. The fourth-order valence-electron chi connectivity index (χ4n) is 4.61. The number of carbonyl (C=O) groups is 1. The van der Waals surface area contributed by atoms with Crippen molar-refractivity contribution >= 4 is 28.5 Å². The number of halogens is 1. The van der Waals surface area contributed by atoms with Crippen LogP contribution in [0.25, 0.3) is 10.9 Å². The van der Waals surface area contributed by atoms with Crippen LogP contribution >= 0.6 is 11.6 Å². The Labute approximate surface area is 220 Å². The van der Waals surface area contributed by atoms with Crippen LogP contribution in [-0.4, -0.2) is 42.7 Å². The second kappa shape index (κ2) is 11.7. The molecule has 37 heavy (non-hydrogen) atoms. The molecule has 0 bridgehead atoms. The molecule has 4 rings (SSSR count). The molecule has 0 unspecified atom stereocenters. The molecule has 1 atom stereocenters. The summed E-state index contributed by atoms with van der Waals surface area (Å²) in [5.41, 5.74) is 3.20. The molecule has 0 aliphatic heterocycles. The Hall–Kier alpha value is -3.56. The predicted molar refractivity (Wildman–Crippen MR) is 142 cm³/mol. The number of ether oxygens (including phenoxy) is 1. The van der Waals surface area contributed by atoms with E-state index in [0.717, 1.165) is 22.0 Å². The molecule has 0 spiro atoms. The minimum atomic E-state index is -0.419. The monoisotopic (exact) mass is 522 g/mol. The lowest BCUT2D eigenvalue weighted by atomic mass is 9.99. The summed E-state index contributed by atoms with van der Waals surface area (Å²) in [6.45, 7) is 8.77. The molecule has 194 valence electrons. The van der Waals surface area contributed by atoms with Crippen molar-refractivity contribution < 1.29 is 9.53 Å². The molecule has 0 radical (unpaired) electrons. The lowest BCUT2D eigenvalue weighted by molar-refractivity contribution is -0.144. The van der Waals surface area contributed by atoms with Crippen molar-refractivity contribution in [2.75, 3.05) is 6.61 Å². The van der Waals surface area contributed by atoms with Crippen molar-refractivity contribution in [2.24, 2.45) is 5.92 Å². The molecular weight excluding hydrogens is 492 g/mol. The first-order valence-electron chi connectivity index (χ1n) is 12.3. The number of para-hydroxylation sites is 1. The number of H-pyrrole nitrogens is 1. The molecule has 2 aromatic heterocycles. The zero-order chi connectivity index (χ0) is 26.5. The van der Waals surface area contributed by atoms with E-state index in [1.54, 1.807) is 6.92 Å². The zero-order valence-corrected chi connectivity index (χ0v) is 22.2. The number of tetrazole rings is 1. The molecule has 2 heterocycles. The summed E-state index contributed by atoms with van der Waals surface area (Å²) < 4.78 is 6.58. The van der Waals surface area contributed by atoms with Crippen molar-refractivity contribution in [1.29, 1.82) is 0 Å². The number of aromatic amines is 1. The minimum absolute atomic E-state index is 0.0382. The maximum absolute atomic E-state index is 13.2. The fraction of sp³-hybridized carbons (Fsp3) is 0.370. The molecular formula is C27H31ClN6O3. The molecule has 0 aliphatic carbocycles. The molecule has 1 N–H and O–H groups in total. The Balaban J connectivity index is 1.78. The van der Waals surface area contributed by atoms with Crippen LogP contribution in [0.3, 0.4) is 0 Å². The molecule has 0 aliphatic rings. The second-order valence-corrected chi connectivity index (χ2v) is 9.76. The first-order chi connectivity index (χ1) is 17.8. The van der Waals surface area contributed by atoms with Gasteiger partial charge in [0.15, 0.2) is 5.82 Å². The highest BCUT2D eigenvalue weighted by molar-refractivity contribution is 6.31. The number of pyridine rings is 1. The summed E-state index contributed by atoms with van der Waals surface area (Å²) >= 11 is 6.54. The van der Waals surface area contributed by atoms with Gasteiger partial charge in [-0.25, -0.2) is 4.68 Å². The lowest BCUT2D eigenvalue weighted by Gasteiger charge is -2.33. The average Bonchev–Trinajstić information content (AvgIpc) is 3.29. The van der Waals surface area contributed by atoms with Crippen molar-refractivity contribution in [3.8, 4) is 0 Å². The molecule has 0 amide bonds. The third kappa shape index (κ3) is 6.06. The molecule has 0 fully saturated rings. The van der Waals surface area contributed by atoms with Crippen LogP contribution in [0, 0.1) is 12.8 Å². The van der Waals surface area contributed by atoms with Gasteiger partial charge in [-0.1, -0.05) is 61.8 Å². The van der Waals surface area contributed by atoms with Gasteiger partial charge >= 0.3 is 5.97 Å². The molecule has 2 aromatic carbocycles. The molecule has 4 aromatic rings. The number of esters is 1. The van der Waals surface area contributed by atoms with E-state index in [1.807, 2.05) is 55.5 Å². The van der Waals surface area contributed by atoms with E-state index in [-0.39, 0.29) is 30.7 Å². The number of benzene rings is 2. The van der Waals surface area contributed by atoms with E-state index in [0.29, 0.717) is 29.5 Å². The first kappa shape index (κ1) is 26.5. The summed E-state index contributed by atoms with van der Waals surface area (Å²) in [5.74, 6) is 0.136. The van der Waals surface area contributed by atoms with E-state index in [9.17, 15) is 9.59 Å². The van der Waals surface area contributed by atoms with Gasteiger partial charge in [0.05, 0.1) is 18.2 Å². The Morgan fingerprint density at radius 3 is 2.62 bits per heavy atom. The van der Waals surface area contributed by atoms with E-state index in [2.05, 4.69) is 39.3 Å². The van der Waals surface area contributed by atoms with E-state index < -0.39 is 5.97 Å². The number of nitrogens with zero attached hydrogens (tertiary/aromatic N) is 5. The van der Waals surface area contributed by atoms with Crippen molar-refractivity contribution in [1.82, 2.24) is 30.1 Å². The number of nitrogens with one attached hydrogen (secondary N) is 1. The van der Waals surface area contributed by atoms with Crippen LogP contribution in [0.15, 0.2) is 53.3 Å². The topological polar surface area (TPSA) is 106 Å². The average molecular weight is 523 g/mol. The molecule has 10 heteroatoms. The van der Waals surface area contributed by atoms with E-state index in [4.69, 9.17) is 16.3 Å². The summed E-state index contributed by atoms with van der Waals surface area (Å²) in [4.78, 5) is 30.6. The Morgan fingerprint density at radius 1 is 1.14 bits per heavy atom. The first-order valence-corrected chi connectivity index (χ1v) is 12.7. The van der Waals surface area contributed by atoms with Gasteiger partial charge in [-0.15, -0.1) is 5.10 Å². The number of hydrogen-bond donors (Lipinski definition) is 1. The number of carbonyl (C=O) groups excluding carboxylic acids is 1. The van der Waals surface area contributed by atoms with Gasteiger partial charge in [0.25, 0.3) is 5.56 Å². The molecule has 9 nitrogen and oxygen atoms in total. The number of rotatable bonds is 10. The van der Waals surface area contributed by atoms with Crippen LogP contribution in [-0.2, 0) is 29.2 Å². The minimum Gasteiger partial charge on any atom is -0.465 e. The summed E-state index contributed by atoms with van der Waals surface area (Å²) in [7, 11) is 0. The highest BCUT2D eigenvalue weighted by atomic mass is 35.5. The van der Waals surface area contributed by atoms with Crippen molar-refractivity contribution in [2.45, 2.75) is 53.4 Å². The normalized spacial score (nSPS) is 12.4. The van der Waals surface area contributed by atoms with E-state index in [1.165, 1.54) is 4.68 Å². The SMILES string of the molecule is CCOC(=O)Cn1nnnc1[C@@H](C(C)C)N(Cc1ccccc1Cl)Cc1cc2cccc(C)c2[nH]c1=O. The zero-order valence-electron chi connectivity index (χ0n) is 21.4. The highest BCUT2D eigenvalue weighted by Crippen LogP contribution is 2.31.